The van der Waals surface area contributed by atoms with Crippen LogP contribution < -0.4 is 11.1 Å². The molecule has 8 nitrogen and oxygen atoms in total. The zero-order valence-corrected chi connectivity index (χ0v) is 13.5. The number of aliphatic hydroxyl groups excluding tert-OH is 2. The van der Waals surface area contributed by atoms with Crippen LogP contribution in [0.25, 0.3) is 0 Å². The maximum Gasteiger partial charge on any atom is 0.407 e. The average molecular weight is 333 g/mol. The first-order valence-corrected chi connectivity index (χ1v) is 7.09. The Kier molecular flexibility index (Phi) is 6.34. The van der Waals surface area contributed by atoms with Gasteiger partial charge in [-0.05, 0) is 27.2 Å². The van der Waals surface area contributed by atoms with Crippen LogP contribution in [0.5, 0.6) is 0 Å². The minimum absolute atomic E-state index is 0.0284. The van der Waals surface area contributed by atoms with Crippen LogP contribution in [-0.4, -0.2) is 44.5 Å². The van der Waals surface area contributed by atoms with Crippen LogP contribution in [0.15, 0.2) is 6.20 Å². The summed E-state index contributed by atoms with van der Waals surface area (Å²) in [6.45, 7) is 5.35. The summed E-state index contributed by atoms with van der Waals surface area (Å²) in [7, 11) is 0. The molecule has 0 aromatic carbocycles. The monoisotopic (exact) mass is 332 g/mol. The fourth-order valence-electron chi connectivity index (χ4n) is 1.56. The lowest BCUT2D eigenvalue weighted by Gasteiger charge is -2.21. The number of carbonyl (C=O) groups excluding carboxylic acids is 1. The number of amides is 1. The Bertz CT molecular complexity index is 521. The Balaban J connectivity index is 2.48. The molecule has 2 unspecified atom stereocenters. The van der Waals surface area contributed by atoms with Crippen molar-refractivity contribution >= 4 is 23.5 Å². The third-order valence-corrected chi connectivity index (χ3v) is 2.81. The van der Waals surface area contributed by atoms with Crippen LogP contribution in [0.1, 0.15) is 39.0 Å². The number of carbonyl (C=O) groups is 1. The first kappa shape index (κ1) is 18.4. The zero-order valence-electron chi connectivity index (χ0n) is 12.7. The van der Waals surface area contributed by atoms with Gasteiger partial charge in [0.25, 0.3) is 0 Å². The van der Waals surface area contributed by atoms with Gasteiger partial charge in [0.15, 0.2) is 5.15 Å². The highest BCUT2D eigenvalue weighted by atomic mass is 35.5. The van der Waals surface area contributed by atoms with E-state index in [-0.39, 0.29) is 29.6 Å². The van der Waals surface area contributed by atoms with Gasteiger partial charge in [0.1, 0.15) is 23.2 Å². The molecule has 1 aromatic heterocycles. The number of aliphatic hydroxyl groups is 2. The number of anilines is 1. The van der Waals surface area contributed by atoms with E-state index in [9.17, 15) is 15.0 Å². The second-order valence-corrected chi connectivity index (χ2v) is 6.06. The Hall–Kier alpha value is -1.64. The van der Waals surface area contributed by atoms with Crippen molar-refractivity contribution in [2.75, 3.05) is 12.3 Å². The molecule has 1 aromatic rings. The molecule has 1 heterocycles. The smallest absolute Gasteiger partial charge is 0.407 e. The van der Waals surface area contributed by atoms with Gasteiger partial charge in [-0.1, -0.05) is 11.6 Å². The summed E-state index contributed by atoms with van der Waals surface area (Å²) in [5, 5.41) is 22.3. The topological polar surface area (TPSA) is 131 Å². The number of alkyl carbamates (subject to hydrolysis) is 1. The molecule has 1 rings (SSSR count). The van der Waals surface area contributed by atoms with E-state index in [4.69, 9.17) is 22.1 Å². The summed E-state index contributed by atoms with van der Waals surface area (Å²) < 4.78 is 5.05. The van der Waals surface area contributed by atoms with Gasteiger partial charge in [-0.2, -0.15) is 0 Å². The number of nitrogens with zero attached hydrogens (tertiary/aromatic N) is 2. The van der Waals surface area contributed by atoms with Gasteiger partial charge in [-0.15, -0.1) is 0 Å². The molecule has 0 fully saturated rings. The lowest BCUT2D eigenvalue weighted by atomic mass is 10.1. The van der Waals surface area contributed by atoms with Gasteiger partial charge in [0, 0.05) is 6.54 Å². The number of rotatable bonds is 5. The molecule has 0 saturated carbocycles. The molecule has 0 aliphatic heterocycles. The quantitative estimate of drug-likeness (QED) is 0.633. The number of nitrogens with two attached hydrogens (primary N) is 1. The molecule has 0 saturated heterocycles. The Morgan fingerprint density at radius 2 is 2.14 bits per heavy atom. The van der Waals surface area contributed by atoms with E-state index >= 15 is 0 Å². The van der Waals surface area contributed by atoms with Crippen LogP contribution in [0.3, 0.4) is 0 Å². The van der Waals surface area contributed by atoms with Crippen molar-refractivity contribution in [3.8, 4) is 0 Å². The molecule has 124 valence electrons. The predicted octanol–water partition coefficient (Wildman–Crippen LogP) is 1.02. The highest BCUT2D eigenvalue weighted by Gasteiger charge is 2.23. The van der Waals surface area contributed by atoms with E-state index in [0.29, 0.717) is 0 Å². The number of hydrogen-bond donors (Lipinski definition) is 4. The molecule has 0 aliphatic rings. The normalized spacial score (nSPS) is 14.3. The first-order valence-electron chi connectivity index (χ1n) is 6.71. The summed E-state index contributed by atoms with van der Waals surface area (Å²) in [6, 6.07) is 0. The van der Waals surface area contributed by atoms with E-state index in [0.717, 1.165) is 0 Å². The largest absolute Gasteiger partial charge is 0.444 e. The van der Waals surface area contributed by atoms with Crippen LogP contribution in [0.2, 0.25) is 5.15 Å². The van der Waals surface area contributed by atoms with Gasteiger partial charge >= 0.3 is 6.09 Å². The molecule has 9 heteroatoms. The van der Waals surface area contributed by atoms with Crippen molar-refractivity contribution < 1.29 is 19.7 Å². The zero-order chi connectivity index (χ0) is 16.9. The second-order valence-electron chi connectivity index (χ2n) is 5.70. The number of aromatic nitrogens is 2. The summed E-state index contributed by atoms with van der Waals surface area (Å²) in [5.74, 6) is 0.113. The standard InChI is InChI=1S/C13H21ClN4O4/c1-13(2,3)22-12(21)16-5-4-7(19)10(20)9-11(14)18-8(15)6-17-9/h6-7,10,19-20H,4-5H2,1-3H3,(H2,15,18)(H,16,21). The van der Waals surface area contributed by atoms with Crippen molar-refractivity contribution in [3.63, 3.8) is 0 Å². The van der Waals surface area contributed by atoms with E-state index in [1.54, 1.807) is 20.8 Å². The summed E-state index contributed by atoms with van der Waals surface area (Å²) in [6.07, 6.45) is -1.79. The van der Waals surface area contributed by atoms with E-state index < -0.39 is 23.9 Å². The molecular formula is C13H21ClN4O4. The number of hydrogen-bond acceptors (Lipinski definition) is 7. The Labute approximate surface area is 133 Å². The van der Waals surface area contributed by atoms with Gasteiger partial charge in [0.2, 0.25) is 0 Å². The van der Waals surface area contributed by atoms with Gasteiger partial charge in [-0.3, -0.25) is 4.98 Å². The number of ether oxygens (including phenoxy) is 1. The predicted molar refractivity (Wildman–Crippen MR) is 81.3 cm³/mol. The molecule has 0 spiro atoms. The SMILES string of the molecule is CC(C)(C)OC(=O)NCCC(O)C(O)c1ncc(N)nc1Cl. The minimum Gasteiger partial charge on any atom is -0.444 e. The summed E-state index contributed by atoms with van der Waals surface area (Å²) >= 11 is 5.81. The Morgan fingerprint density at radius 1 is 1.50 bits per heavy atom. The first-order chi connectivity index (χ1) is 10.1. The van der Waals surface area contributed by atoms with Gasteiger partial charge in [0.05, 0.1) is 12.3 Å². The van der Waals surface area contributed by atoms with E-state index in [1.165, 1.54) is 6.20 Å². The molecule has 0 bridgehead atoms. The maximum absolute atomic E-state index is 11.4. The number of nitrogens with one attached hydrogen (secondary N) is 1. The molecule has 5 N–H and O–H groups in total. The van der Waals surface area contributed by atoms with Crippen molar-refractivity contribution in [2.24, 2.45) is 0 Å². The number of nitrogen functional groups attached to an aromatic ring is 1. The minimum atomic E-state index is -1.33. The number of halogens is 1. The van der Waals surface area contributed by atoms with Crippen molar-refractivity contribution in [3.05, 3.63) is 17.0 Å². The fourth-order valence-corrected chi connectivity index (χ4v) is 1.82. The van der Waals surface area contributed by atoms with Crippen LogP contribution in [0.4, 0.5) is 10.6 Å². The van der Waals surface area contributed by atoms with E-state index in [1.807, 2.05) is 0 Å². The second kappa shape index (κ2) is 7.57. The summed E-state index contributed by atoms with van der Waals surface area (Å²) in [4.78, 5) is 19.0. The van der Waals surface area contributed by atoms with Crippen molar-refractivity contribution in [1.82, 2.24) is 15.3 Å². The summed E-state index contributed by atoms with van der Waals surface area (Å²) in [5.41, 5.74) is 4.83. The van der Waals surface area contributed by atoms with Crippen molar-refractivity contribution in [2.45, 2.75) is 45.0 Å². The third kappa shape index (κ3) is 6.00. The third-order valence-electron chi connectivity index (χ3n) is 2.53. The maximum atomic E-state index is 11.4. The average Bonchev–Trinajstić information content (AvgIpc) is 2.35. The van der Waals surface area contributed by atoms with Gasteiger partial charge in [-0.25, -0.2) is 9.78 Å². The molecule has 22 heavy (non-hydrogen) atoms. The van der Waals surface area contributed by atoms with Crippen LogP contribution in [0, 0.1) is 0 Å². The highest BCUT2D eigenvalue weighted by Crippen LogP contribution is 2.23. The lowest BCUT2D eigenvalue weighted by molar-refractivity contribution is 0.00980. The fraction of sp³-hybridized carbons (Fsp3) is 0.615. The molecule has 2 atom stereocenters. The molecule has 0 radical (unpaired) electrons. The molecule has 1 amide bonds. The lowest BCUT2D eigenvalue weighted by Crippen LogP contribution is -2.34. The van der Waals surface area contributed by atoms with Crippen LogP contribution >= 0.6 is 11.6 Å². The van der Waals surface area contributed by atoms with Crippen LogP contribution in [-0.2, 0) is 4.74 Å². The molecule has 0 aliphatic carbocycles. The Morgan fingerprint density at radius 3 is 2.68 bits per heavy atom. The van der Waals surface area contributed by atoms with E-state index in [2.05, 4.69) is 15.3 Å². The van der Waals surface area contributed by atoms with Crippen molar-refractivity contribution in [1.29, 1.82) is 0 Å². The van der Waals surface area contributed by atoms with Gasteiger partial charge < -0.3 is 26.0 Å². The highest BCUT2D eigenvalue weighted by molar-refractivity contribution is 6.30. The molecular weight excluding hydrogens is 312 g/mol.